The van der Waals surface area contributed by atoms with Gasteiger partial charge in [0.05, 0.1) is 29.6 Å². The summed E-state index contributed by atoms with van der Waals surface area (Å²) in [6.45, 7) is 0.207. The van der Waals surface area contributed by atoms with E-state index in [2.05, 4.69) is 10.3 Å². The number of para-hydroxylation sites is 2. The molecule has 0 spiro atoms. The second-order valence-corrected chi connectivity index (χ2v) is 5.19. The number of hydrogen-bond acceptors (Lipinski definition) is 5. The molecule has 1 heterocycles. The van der Waals surface area contributed by atoms with Crippen molar-refractivity contribution in [2.24, 2.45) is 7.05 Å². The molecule has 0 saturated heterocycles. The fraction of sp³-hybridized carbons (Fsp3) is 0.188. The Morgan fingerprint density at radius 1 is 1.38 bits per heavy atom. The molecule has 2 aromatic carbocycles. The Bertz CT molecular complexity index is 923. The van der Waals surface area contributed by atoms with Gasteiger partial charge in [0.2, 0.25) is 5.82 Å². The van der Waals surface area contributed by atoms with Crippen LogP contribution in [0.4, 0.5) is 15.8 Å². The summed E-state index contributed by atoms with van der Waals surface area (Å²) in [4.78, 5) is 14.8. The van der Waals surface area contributed by atoms with Gasteiger partial charge in [-0.05, 0) is 12.1 Å². The number of aryl methyl sites for hydroxylation is 1. The van der Waals surface area contributed by atoms with Gasteiger partial charge in [-0.15, -0.1) is 0 Å². The van der Waals surface area contributed by atoms with Gasteiger partial charge >= 0.3 is 5.69 Å². The number of aromatic nitrogens is 2. The predicted molar refractivity (Wildman–Crippen MR) is 87.6 cm³/mol. The van der Waals surface area contributed by atoms with Gasteiger partial charge < -0.3 is 14.6 Å². The van der Waals surface area contributed by atoms with E-state index in [9.17, 15) is 14.5 Å². The van der Waals surface area contributed by atoms with Crippen molar-refractivity contribution < 1.29 is 14.1 Å². The van der Waals surface area contributed by atoms with E-state index in [1.54, 1.807) is 0 Å². The molecule has 0 fully saturated rings. The highest BCUT2D eigenvalue weighted by Gasteiger charge is 2.22. The topological polar surface area (TPSA) is 82.2 Å². The third-order valence-corrected chi connectivity index (χ3v) is 3.77. The number of nitro groups is 1. The van der Waals surface area contributed by atoms with Crippen molar-refractivity contribution >= 4 is 22.4 Å². The van der Waals surface area contributed by atoms with E-state index in [4.69, 9.17) is 4.74 Å². The Morgan fingerprint density at radius 2 is 2.12 bits per heavy atom. The minimum absolute atomic E-state index is 0.0453. The maximum atomic E-state index is 13.9. The predicted octanol–water partition coefficient (Wildman–Crippen LogP) is 3.24. The number of nitro benzene ring substituents is 1. The second kappa shape index (κ2) is 6.15. The number of hydrogen-bond donors (Lipinski definition) is 1. The first-order valence-electron chi connectivity index (χ1n) is 7.17. The van der Waals surface area contributed by atoms with Gasteiger partial charge in [-0.25, -0.2) is 4.98 Å². The van der Waals surface area contributed by atoms with Crippen molar-refractivity contribution in [2.45, 2.75) is 6.54 Å². The van der Waals surface area contributed by atoms with Crippen LogP contribution in [0.5, 0.6) is 5.75 Å². The lowest BCUT2D eigenvalue weighted by atomic mass is 10.2. The molecule has 0 atom stereocenters. The van der Waals surface area contributed by atoms with Crippen LogP contribution < -0.4 is 10.1 Å². The summed E-state index contributed by atoms with van der Waals surface area (Å²) >= 11 is 0. The van der Waals surface area contributed by atoms with Gasteiger partial charge in [-0.3, -0.25) is 10.1 Å². The Balaban J connectivity index is 1.94. The van der Waals surface area contributed by atoms with Gasteiger partial charge in [0, 0.05) is 19.2 Å². The molecule has 3 rings (SSSR count). The summed E-state index contributed by atoms with van der Waals surface area (Å²) < 4.78 is 20.8. The molecule has 24 heavy (non-hydrogen) atoms. The number of benzene rings is 2. The highest BCUT2D eigenvalue weighted by atomic mass is 19.1. The van der Waals surface area contributed by atoms with Gasteiger partial charge in [-0.2, -0.15) is 4.39 Å². The van der Waals surface area contributed by atoms with Crippen LogP contribution in [0.1, 0.15) is 5.82 Å². The largest absolute Gasteiger partial charge is 0.497 e. The molecule has 0 unspecified atom stereocenters. The summed E-state index contributed by atoms with van der Waals surface area (Å²) in [5, 5.41) is 14.0. The normalized spacial score (nSPS) is 10.8. The number of imidazole rings is 1. The van der Waals surface area contributed by atoms with Crippen molar-refractivity contribution in [1.29, 1.82) is 0 Å². The molecule has 0 saturated carbocycles. The van der Waals surface area contributed by atoms with Crippen LogP contribution in [0.15, 0.2) is 36.4 Å². The zero-order valence-electron chi connectivity index (χ0n) is 13.1. The molecule has 3 aromatic rings. The molecule has 7 nitrogen and oxygen atoms in total. The molecule has 0 bridgehead atoms. The van der Waals surface area contributed by atoms with E-state index in [0.29, 0.717) is 5.82 Å². The van der Waals surface area contributed by atoms with Crippen LogP contribution in [0.3, 0.4) is 0 Å². The molecule has 0 aliphatic heterocycles. The van der Waals surface area contributed by atoms with Gasteiger partial charge in [0.1, 0.15) is 17.3 Å². The first-order valence-corrected chi connectivity index (χ1v) is 7.17. The van der Waals surface area contributed by atoms with Crippen LogP contribution in [0.2, 0.25) is 0 Å². The summed E-state index contributed by atoms with van der Waals surface area (Å²) in [7, 11) is 3.22. The molecule has 0 radical (unpaired) electrons. The minimum atomic E-state index is -0.952. The monoisotopic (exact) mass is 330 g/mol. The SMILES string of the molecule is COc1cc(F)c([N+](=O)[O-])c(NCc2nc3ccccc3n2C)c1. The Morgan fingerprint density at radius 3 is 2.79 bits per heavy atom. The number of nitrogens with zero attached hydrogens (tertiary/aromatic N) is 3. The average Bonchev–Trinajstić information content (AvgIpc) is 2.88. The lowest BCUT2D eigenvalue weighted by Gasteiger charge is -2.10. The lowest BCUT2D eigenvalue weighted by Crippen LogP contribution is -2.08. The molecule has 1 aromatic heterocycles. The van der Waals surface area contributed by atoms with Crippen molar-refractivity contribution in [3.63, 3.8) is 0 Å². The zero-order valence-corrected chi connectivity index (χ0v) is 13.1. The first-order chi connectivity index (χ1) is 11.5. The van der Waals surface area contributed by atoms with Crippen LogP contribution in [0.25, 0.3) is 11.0 Å². The molecule has 124 valence electrons. The smallest absolute Gasteiger partial charge is 0.327 e. The van der Waals surface area contributed by atoms with Gasteiger partial charge in [0.15, 0.2) is 0 Å². The van der Waals surface area contributed by atoms with Gasteiger partial charge in [0.25, 0.3) is 0 Å². The quantitative estimate of drug-likeness (QED) is 0.573. The number of halogens is 1. The summed E-state index contributed by atoms with van der Waals surface area (Å²) in [6.07, 6.45) is 0. The summed E-state index contributed by atoms with van der Waals surface area (Å²) in [5.41, 5.74) is 1.20. The van der Waals surface area contributed by atoms with E-state index >= 15 is 0 Å². The Kier molecular flexibility index (Phi) is 4.03. The average molecular weight is 330 g/mol. The fourth-order valence-corrected chi connectivity index (χ4v) is 2.54. The van der Waals surface area contributed by atoms with Gasteiger partial charge in [-0.1, -0.05) is 12.1 Å². The molecule has 0 aliphatic carbocycles. The number of fused-ring (bicyclic) bond motifs is 1. The van der Waals surface area contributed by atoms with E-state index in [-0.39, 0.29) is 18.0 Å². The third-order valence-electron chi connectivity index (χ3n) is 3.77. The third kappa shape index (κ3) is 2.73. The van der Waals surface area contributed by atoms with Crippen molar-refractivity contribution in [3.05, 3.63) is 58.2 Å². The number of nitrogens with one attached hydrogen (secondary N) is 1. The van der Waals surface area contributed by atoms with E-state index < -0.39 is 16.4 Å². The highest BCUT2D eigenvalue weighted by Crippen LogP contribution is 2.32. The molecular formula is C16H15FN4O3. The minimum Gasteiger partial charge on any atom is -0.497 e. The van der Waals surface area contributed by atoms with E-state index in [1.807, 2.05) is 35.9 Å². The van der Waals surface area contributed by atoms with Crippen LogP contribution in [0, 0.1) is 15.9 Å². The Hall–Kier alpha value is -3.16. The number of rotatable bonds is 5. The lowest BCUT2D eigenvalue weighted by molar-refractivity contribution is -0.386. The molecule has 0 aliphatic rings. The van der Waals surface area contributed by atoms with Crippen LogP contribution in [-0.4, -0.2) is 21.6 Å². The van der Waals surface area contributed by atoms with Crippen LogP contribution in [-0.2, 0) is 13.6 Å². The maximum Gasteiger partial charge on any atom is 0.327 e. The van der Waals surface area contributed by atoms with E-state index in [0.717, 1.165) is 17.1 Å². The highest BCUT2D eigenvalue weighted by molar-refractivity contribution is 5.76. The Labute approximate surface area is 136 Å². The molecule has 8 heteroatoms. The molecular weight excluding hydrogens is 315 g/mol. The standard InChI is InChI=1S/C16H15FN4O3/c1-20-14-6-4-3-5-12(14)19-15(20)9-18-13-8-10(24-2)7-11(17)16(13)21(22)23/h3-8,18H,9H2,1-2H3. The number of anilines is 1. The summed E-state index contributed by atoms with van der Waals surface area (Å²) in [5.74, 6) is -0.0776. The summed E-state index contributed by atoms with van der Waals surface area (Å²) in [6, 6.07) is 9.98. The second-order valence-electron chi connectivity index (χ2n) is 5.19. The number of methoxy groups -OCH3 is 1. The molecule has 1 N–H and O–H groups in total. The maximum absolute atomic E-state index is 13.9. The van der Waals surface area contributed by atoms with E-state index in [1.165, 1.54) is 13.2 Å². The fourth-order valence-electron chi connectivity index (χ4n) is 2.54. The van der Waals surface area contributed by atoms with Crippen molar-refractivity contribution in [3.8, 4) is 5.75 Å². The van der Waals surface area contributed by atoms with Crippen LogP contribution >= 0.6 is 0 Å². The van der Waals surface area contributed by atoms with Crippen molar-refractivity contribution in [2.75, 3.05) is 12.4 Å². The van der Waals surface area contributed by atoms with Crippen molar-refractivity contribution in [1.82, 2.24) is 9.55 Å². The first kappa shape index (κ1) is 15.7. The number of ether oxygens (including phenoxy) is 1. The zero-order chi connectivity index (χ0) is 17.3. The molecule has 0 amide bonds.